The van der Waals surface area contributed by atoms with E-state index in [-0.39, 0.29) is 18.4 Å². The van der Waals surface area contributed by atoms with Gasteiger partial charge in [0.15, 0.2) is 6.61 Å². The highest BCUT2D eigenvalue weighted by Gasteiger charge is 2.21. The molecule has 2 amide bonds. The molecule has 1 aliphatic rings. The molecule has 0 bridgehead atoms. The smallest absolute Gasteiger partial charge is 0.262 e. The van der Waals surface area contributed by atoms with Gasteiger partial charge in [0.25, 0.3) is 11.8 Å². The molecule has 148 valence electrons. The van der Waals surface area contributed by atoms with E-state index in [0.717, 1.165) is 31.5 Å². The quantitative estimate of drug-likeness (QED) is 0.801. The molecule has 1 fully saturated rings. The second-order valence-electron chi connectivity index (χ2n) is 7.30. The number of nitrogens with zero attached hydrogens (tertiary/aromatic N) is 1. The lowest BCUT2D eigenvalue weighted by Gasteiger charge is -2.30. The predicted molar refractivity (Wildman–Crippen MR) is 111 cm³/mol. The molecule has 0 aliphatic carbocycles. The van der Waals surface area contributed by atoms with Crippen molar-refractivity contribution in [2.45, 2.75) is 26.7 Å². The lowest BCUT2D eigenvalue weighted by Crippen LogP contribution is -2.37. The van der Waals surface area contributed by atoms with Crippen LogP contribution in [0.25, 0.3) is 0 Å². The molecule has 0 unspecified atom stereocenters. The van der Waals surface area contributed by atoms with Crippen LogP contribution in [0.2, 0.25) is 5.02 Å². The summed E-state index contributed by atoms with van der Waals surface area (Å²) in [5, 5.41) is 3.43. The Kier molecular flexibility index (Phi) is 6.57. The van der Waals surface area contributed by atoms with Gasteiger partial charge in [-0.2, -0.15) is 0 Å². The summed E-state index contributed by atoms with van der Waals surface area (Å²) in [6, 6.07) is 12.2. The summed E-state index contributed by atoms with van der Waals surface area (Å²) in [5.41, 5.74) is 2.16. The normalized spacial score (nSPS) is 14.6. The third-order valence-corrected chi connectivity index (χ3v) is 5.41. The third-order valence-electron chi connectivity index (χ3n) is 4.99. The van der Waals surface area contributed by atoms with E-state index in [4.69, 9.17) is 16.3 Å². The van der Waals surface area contributed by atoms with Crippen molar-refractivity contribution in [2.75, 3.05) is 25.0 Å². The molecule has 5 nitrogen and oxygen atoms in total. The molecule has 0 saturated carbocycles. The molecule has 1 aliphatic heterocycles. The van der Waals surface area contributed by atoms with Gasteiger partial charge in [-0.25, -0.2) is 0 Å². The fraction of sp³-hybridized carbons (Fsp3) is 0.364. The zero-order chi connectivity index (χ0) is 20.1. The summed E-state index contributed by atoms with van der Waals surface area (Å²) < 4.78 is 5.49. The maximum absolute atomic E-state index is 12.6. The fourth-order valence-corrected chi connectivity index (χ4v) is 3.26. The topological polar surface area (TPSA) is 58.6 Å². The zero-order valence-electron chi connectivity index (χ0n) is 16.2. The number of carbonyl (C=O) groups excluding carboxylic acids is 2. The van der Waals surface area contributed by atoms with Crippen molar-refractivity contribution in [2.24, 2.45) is 5.92 Å². The van der Waals surface area contributed by atoms with E-state index >= 15 is 0 Å². The van der Waals surface area contributed by atoms with Crippen molar-refractivity contribution >= 4 is 29.1 Å². The van der Waals surface area contributed by atoms with Crippen LogP contribution in [0, 0.1) is 12.8 Å². The van der Waals surface area contributed by atoms with Crippen LogP contribution in [0.3, 0.4) is 0 Å². The van der Waals surface area contributed by atoms with Crippen LogP contribution >= 0.6 is 11.6 Å². The molecule has 2 aromatic carbocycles. The molecule has 1 N–H and O–H groups in total. The largest absolute Gasteiger partial charge is 0.484 e. The number of likely N-dealkylation sites (tertiary alicyclic amines) is 1. The molecule has 0 spiro atoms. The van der Waals surface area contributed by atoms with E-state index in [9.17, 15) is 9.59 Å². The van der Waals surface area contributed by atoms with Gasteiger partial charge in [0.2, 0.25) is 0 Å². The van der Waals surface area contributed by atoms with Crippen molar-refractivity contribution in [1.29, 1.82) is 0 Å². The predicted octanol–water partition coefficient (Wildman–Crippen LogP) is 4.54. The fourth-order valence-electron chi connectivity index (χ4n) is 3.14. The molecule has 28 heavy (non-hydrogen) atoms. The monoisotopic (exact) mass is 400 g/mol. The maximum atomic E-state index is 12.6. The van der Waals surface area contributed by atoms with Crippen LogP contribution in [0.1, 0.15) is 35.7 Å². The lowest BCUT2D eigenvalue weighted by atomic mass is 9.98. The van der Waals surface area contributed by atoms with Crippen LogP contribution in [0.5, 0.6) is 5.75 Å². The highest BCUT2D eigenvalue weighted by molar-refractivity contribution is 6.31. The number of anilines is 1. The average Bonchev–Trinajstić information content (AvgIpc) is 2.69. The first-order valence-corrected chi connectivity index (χ1v) is 9.88. The van der Waals surface area contributed by atoms with Gasteiger partial charge in [0.05, 0.1) is 0 Å². The number of carbonyl (C=O) groups is 2. The van der Waals surface area contributed by atoms with Gasteiger partial charge in [-0.3, -0.25) is 9.59 Å². The van der Waals surface area contributed by atoms with Crippen molar-refractivity contribution in [3.63, 3.8) is 0 Å². The number of hydrogen-bond acceptors (Lipinski definition) is 3. The number of benzene rings is 2. The van der Waals surface area contributed by atoms with Crippen molar-refractivity contribution in [3.05, 3.63) is 58.6 Å². The number of nitrogens with one attached hydrogen (secondary N) is 1. The Labute approximate surface area is 170 Å². The lowest BCUT2D eigenvalue weighted by molar-refractivity contribution is -0.118. The number of hydrogen-bond donors (Lipinski definition) is 1. The first-order chi connectivity index (χ1) is 13.4. The second-order valence-corrected chi connectivity index (χ2v) is 7.71. The zero-order valence-corrected chi connectivity index (χ0v) is 17.0. The minimum Gasteiger partial charge on any atom is -0.484 e. The number of amides is 2. The first kappa shape index (κ1) is 20.2. The van der Waals surface area contributed by atoms with Crippen LogP contribution in [0.15, 0.2) is 42.5 Å². The summed E-state index contributed by atoms with van der Waals surface area (Å²) in [5.74, 6) is 1.05. The van der Waals surface area contributed by atoms with E-state index < -0.39 is 0 Å². The summed E-state index contributed by atoms with van der Waals surface area (Å²) in [7, 11) is 0. The van der Waals surface area contributed by atoms with Gasteiger partial charge in [-0.1, -0.05) is 18.5 Å². The van der Waals surface area contributed by atoms with Crippen LogP contribution in [0.4, 0.5) is 5.69 Å². The summed E-state index contributed by atoms with van der Waals surface area (Å²) in [6.07, 6.45) is 2.10. The Bertz CT molecular complexity index is 843. The molecule has 0 radical (unpaired) electrons. The molecule has 2 aromatic rings. The Hall–Kier alpha value is -2.53. The molecule has 0 aromatic heterocycles. The van der Waals surface area contributed by atoms with Gasteiger partial charge in [-0.15, -0.1) is 0 Å². The second kappa shape index (κ2) is 9.11. The van der Waals surface area contributed by atoms with Gasteiger partial charge in [0, 0.05) is 29.4 Å². The van der Waals surface area contributed by atoms with Crippen molar-refractivity contribution < 1.29 is 14.3 Å². The maximum Gasteiger partial charge on any atom is 0.262 e. The minimum atomic E-state index is -0.267. The standard InChI is InChI=1S/C22H25ClN2O3/c1-15-9-11-25(12-10-15)22(27)17-3-5-18(6-4-17)24-21(26)14-28-19-7-8-20(23)16(2)13-19/h3-8,13,15H,9-12,14H2,1-2H3,(H,24,26). The van der Waals surface area contributed by atoms with Crippen molar-refractivity contribution in [1.82, 2.24) is 4.90 Å². The van der Waals surface area contributed by atoms with Gasteiger partial charge < -0.3 is 15.0 Å². The Morgan fingerprint density at radius 1 is 1.14 bits per heavy atom. The Morgan fingerprint density at radius 3 is 2.46 bits per heavy atom. The van der Waals surface area contributed by atoms with E-state index in [1.54, 1.807) is 42.5 Å². The summed E-state index contributed by atoms with van der Waals surface area (Å²) in [6.45, 7) is 5.60. The van der Waals surface area contributed by atoms with Gasteiger partial charge in [0.1, 0.15) is 5.75 Å². The molecule has 0 atom stereocenters. The van der Waals surface area contributed by atoms with Gasteiger partial charge >= 0.3 is 0 Å². The Balaban J connectivity index is 1.51. The molecular formula is C22H25ClN2O3. The van der Waals surface area contributed by atoms with E-state index in [2.05, 4.69) is 12.2 Å². The SMILES string of the molecule is Cc1cc(OCC(=O)Nc2ccc(C(=O)N3CCC(C)CC3)cc2)ccc1Cl. The molecular weight excluding hydrogens is 376 g/mol. The molecule has 1 heterocycles. The minimum absolute atomic E-state index is 0.0474. The van der Waals surface area contributed by atoms with E-state index in [0.29, 0.717) is 27.9 Å². The number of rotatable bonds is 5. The van der Waals surface area contributed by atoms with Crippen LogP contribution in [-0.4, -0.2) is 36.4 Å². The molecule has 1 saturated heterocycles. The number of ether oxygens (including phenoxy) is 1. The number of halogens is 1. The van der Waals surface area contributed by atoms with Gasteiger partial charge in [-0.05, 0) is 73.7 Å². The third kappa shape index (κ3) is 5.26. The van der Waals surface area contributed by atoms with E-state index in [1.165, 1.54) is 0 Å². The van der Waals surface area contributed by atoms with Crippen molar-refractivity contribution in [3.8, 4) is 5.75 Å². The van der Waals surface area contributed by atoms with E-state index in [1.807, 2.05) is 11.8 Å². The average molecular weight is 401 g/mol. The van der Waals surface area contributed by atoms with Crippen LogP contribution < -0.4 is 10.1 Å². The highest BCUT2D eigenvalue weighted by Crippen LogP contribution is 2.21. The number of piperidine rings is 1. The molecule has 6 heteroatoms. The summed E-state index contributed by atoms with van der Waals surface area (Å²) in [4.78, 5) is 26.6. The molecule has 3 rings (SSSR count). The first-order valence-electron chi connectivity index (χ1n) is 9.50. The Morgan fingerprint density at radius 2 is 1.82 bits per heavy atom. The highest BCUT2D eigenvalue weighted by atomic mass is 35.5. The number of aryl methyl sites for hydroxylation is 1. The summed E-state index contributed by atoms with van der Waals surface area (Å²) >= 11 is 5.98. The van der Waals surface area contributed by atoms with Crippen LogP contribution in [-0.2, 0) is 4.79 Å².